The van der Waals surface area contributed by atoms with E-state index < -0.39 is 17.4 Å². The minimum atomic E-state index is -0.735. The standard InChI is InChI=1S/C18H22N6O4/c1-10(25)9-24-14-15(23(3)18(27)20-16(14)26)19-17(24)22-21-11(2)12-5-7-13(28-4)8-6-12/h5-8,10,25H,9H2,1-4H3,(H,19,22)(H,20,26,27). The Balaban J connectivity index is 2.04. The Morgan fingerprint density at radius 2 is 2.04 bits per heavy atom. The monoisotopic (exact) mass is 386 g/mol. The van der Waals surface area contributed by atoms with E-state index in [4.69, 9.17) is 4.74 Å². The van der Waals surface area contributed by atoms with Gasteiger partial charge in [-0.05, 0) is 43.7 Å². The van der Waals surface area contributed by atoms with E-state index in [1.807, 2.05) is 31.2 Å². The zero-order valence-corrected chi connectivity index (χ0v) is 16.1. The first kappa shape index (κ1) is 19.4. The number of anilines is 1. The summed E-state index contributed by atoms with van der Waals surface area (Å²) in [5.74, 6) is 0.985. The number of hydrazone groups is 1. The van der Waals surface area contributed by atoms with Crippen LogP contribution in [0.5, 0.6) is 5.75 Å². The molecule has 3 N–H and O–H groups in total. The molecule has 0 aliphatic rings. The summed E-state index contributed by atoms with van der Waals surface area (Å²) < 4.78 is 7.88. The number of ether oxygens (including phenoxy) is 1. The molecule has 2 aromatic heterocycles. The number of aromatic amines is 1. The second-order valence-electron chi connectivity index (χ2n) is 6.42. The third-order valence-electron chi connectivity index (χ3n) is 4.29. The molecule has 10 heteroatoms. The van der Waals surface area contributed by atoms with Gasteiger partial charge in [-0.25, -0.2) is 10.2 Å². The number of imidazole rings is 1. The number of nitrogens with zero attached hydrogens (tertiary/aromatic N) is 4. The van der Waals surface area contributed by atoms with Gasteiger partial charge in [0.05, 0.1) is 25.5 Å². The fraction of sp³-hybridized carbons (Fsp3) is 0.333. The fourth-order valence-corrected chi connectivity index (χ4v) is 2.79. The Morgan fingerprint density at radius 3 is 2.64 bits per heavy atom. The number of aliphatic hydroxyl groups is 1. The van der Waals surface area contributed by atoms with Gasteiger partial charge in [0.15, 0.2) is 11.2 Å². The maximum Gasteiger partial charge on any atom is 0.329 e. The normalized spacial score (nSPS) is 13.0. The summed E-state index contributed by atoms with van der Waals surface area (Å²) in [6.07, 6.45) is -0.735. The number of methoxy groups -OCH3 is 1. The Hall–Kier alpha value is -3.40. The number of aryl methyl sites for hydroxylation is 1. The lowest BCUT2D eigenvalue weighted by Gasteiger charge is -2.10. The van der Waals surface area contributed by atoms with Gasteiger partial charge < -0.3 is 14.4 Å². The van der Waals surface area contributed by atoms with Crippen molar-refractivity contribution in [2.24, 2.45) is 12.1 Å². The molecule has 10 nitrogen and oxygen atoms in total. The van der Waals surface area contributed by atoms with E-state index in [1.54, 1.807) is 14.0 Å². The van der Waals surface area contributed by atoms with Crippen molar-refractivity contribution in [2.75, 3.05) is 12.5 Å². The number of fused-ring (bicyclic) bond motifs is 1. The number of hydrogen-bond acceptors (Lipinski definition) is 7. The topological polar surface area (TPSA) is 127 Å². The van der Waals surface area contributed by atoms with Gasteiger partial charge in [0, 0.05) is 7.05 Å². The molecule has 0 fully saturated rings. The molecule has 2 heterocycles. The Bertz CT molecular complexity index is 1140. The Kier molecular flexibility index (Phi) is 5.32. The van der Waals surface area contributed by atoms with Crippen LogP contribution in [0.25, 0.3) is 11.2 Å². The lowest BCUT2D eigenvalue weighted by atomic mass is 10.1. The van der Waals surface area contributed by atoms with Gasteiger partial charge in [-0.15, -0.1) is 0 Å². The van der Waals surface area contributed by atoms with Crippen molar-refractivity contribution in [1.29, 1.82) is 0 Å². The van der Waals surface area contributed by atoms with Crippen molar-refractivity contribution in [3.05, 3.63) is 50.7 Å². The van der Waals surface area contributed by atoms with Gasteiger partial charge >= 0.3 is 5.69 Å². The molecule has 0 aliphatic heterocycles. The predicted octanol–water partition coefficient (Wildman–Crippen LogP) is 0.649. The van der Waals surface area contributed by atoms with Crippen LogP contribution in [0.3, 0.4) is 0 Å². The van der Waals surface area contributed by atoms with Crippen molar-refractivity contribution < 1.29 is 9.84 Å². The second-order valence-corrected chi connectivity index (χ2v) is 6.42. The minimum Gasteiger partial charge on any atom is -0.497 e. The lowest BCUT2D eigenvalue weighted by Crippen LogP contribution is -2.29. The lowest BCUT2D eigenvalue weighted by molar-refractivity contribution is 0.175. The highest BCUT2D eigenvalue weighted by Crippen LogP contribution is 2.17. The summed E-state index contributed by atoms with van der Waals surface area (Å²) in [5.41, 5.74) is 3.64. The first-order chi connectivity index (χ1) is 13.3. The number of aliphatic hydroxyl groups excluding tert-OH is 1. The third kappa shape index (κ3) is 3.67. The second kappa shape index (κ2) is 7.69. The minimum absolute atomic E-state index is 0.108. The van der Waals surface area contributed by atoms with Crippen LogP contribution in [0.2, 0.25) is 0 Å². The van der Waals surface area contributed by atoms with E-state index in [0.717, 1.165) is 11.3 Å². The van der Waals surface area contributed by atoms with Gasteiger partial charge in [0.25, 0.3) is 5.56 Å². The molecule has 1 atom stereocenters. The number of nitrogens with one attached hydrogen (secondary N) is 2. The Labute approximate surface area is 160 Å². The van der Waals surface area contributed by atoms with Gasteiger partial charge in [-0.2, -0.15) is 10.1 Å². The van der Waals surface area contributed by atoms with Crippen molar-refractivity contribution in [3.8, 4) is 5.75 Å². The molecule has 3 aromatic rings. The Morgan fingerprint density at radius 1 is 1.36 bits per heavy atom. The molecule has 0 bridgehead atoms. The van der Waals surface area contributed by atoms with E-state index >= 15 is 0 Å². The fourth-order valence-electron chi connectivity index (χ4n) is 2.79. The number of benzene rings is 1. The molecule has 28 heavy (non-hydrogen) atoms. The summed E-state index contributed by atoms with van der Waals surface area (Å²) >= 11 is 0. The number of H-pyrrole nitrogens is 1. The highest BCUT2D eigenvalue weighted by atomic mass is 16.5. The van der Waals surface area contributed by atoms with Crippen LogP contribution < -0.4 is 21.4 Å². The average Bonchev–Trinajstić information content (AvgIpc) is 3.02. The summed E-state index contributed by atoms with van der Waals surface area (Å²) in [6, 6.07) is 7.39. The van der Waals surface area contributed by atoms with Crippen molar-refractivity contribution in [2.45, 2.75) is 26.5 Å². The van der Waals surface area contributed by atoms with Crippen molar-refractivity contribution >= 4 is 22.8 Å². The molecule has 0 aliphatic carbocycles. The quantitative estimate of drug-likeness (QED) is 0.422. The van der Waals surface area contributed by atoms with Crippen LogP contribution in [0.4, 0.5) is 5.95 Å². The highest BCUT2D eigenvalue weighted by Gasteiger charge is 2.18. The van der Waals surface area contributed by atoms with Crippen LogP contribution in [0.15, 0.2) is 39.0 Å². The van der Waals surface area contributed by atoms with E-state index in [0.29, 0.717) is 5.71 Å². The molecule has 0 saturated heterocycles. The van der Waals surface area contributed by atoms with Crippen molar-refractivity contribution in [3.63, 3.8) is 0 Å². The molecule has 0 spiro atoms. The number of aromatic nitrogens is 4. The predicted molar refractivity (Wildman–Crippen MR) is 106 cm³/mol. The molecule has 1 unspecified atom stereocenters. The maximum absolute atomic E-state index is 12.3. The average molecular weight is 386 g/mol. The maximum atomic E-state index is 12.3. The summed E-state index contributed by atoms with van der Waals surface area (Å²) in [4.78, 5) is 30.7. The summed E-state index contributed by atoms with van der Waals surface area (Å²) in [7, 11) is 3.11. The molecular weight excluding hydrogens is 364 g/mol. The van der Waals surface area contributed by atoms with E-state index in [2.05, 4.69) is 20.5 Å². The van der Waals surface area contributed by atoms with E-state index in [1.165, 1.54) is 16.2 Å². The first-order valence-electron chi connectivity index (χ1n) is 8.64. The van der Waals surface area contributed by atoms with Gasteiger partial charge in [0.2, 0.25) is 5.95 Å². The number of rotatable bonds is 6. The molecule has 148 valence electrons. The molecule has 0 amide bonds. The molecule has 0 radical (unpaired) electrons. The first-order valence-corrected chi connectivity index (χ1v) is 8.64. The number of hydrogen-bond donors (Lipinski definition) is 3. The summed E-state index contributed by atoms with van der Waals surface area (Å²) in [5, 5.41) is 14.1. The van der Waals surface area contributed by atoms with Crippen LogP contribution >= 0.6 is 0 Å². The highest BCUT2D eigenvalue weighted by molar-refractivity contribution is 5.99. The SMILES string of the molecule is COc1ccc(C(C)=NNc2nc3c(c(=O)[nH]c(=O)n3C)n2CC(C)O)cc1. The largest absolute Gasteiger partial charge is 0.497 e. The van der Waals surface area contributed by atoms with Gasteiger partial charge in [-0.3, -0.25) is 14.3 Å². The van der Waals surface area contributed by atoms with Crippen molar-refractivity contribution in [1.82, 2.24) is 19.1 Å². The zero-order chi connectivity index (χ0) is 20.4. The molecule has 3 rings (SSSR count). The van der Waals surface area contributed by atoms with Gasteiger partial charge in [0.1, 0.15) is 5.75 Å². The molecule has 1 aromatic carbocycles. The van der Waals surface area contributed by atoms with Gasteiger partial charge in [-0.1, -0.05) is 0 Å². The zero-order valence-electron chi connectivity index (χ0n) is 16.1. The third-order valence-corrected chi connectivity index (χ3v) is 4.29. The van der Waals surface area contributed by atoms with E-state index in [-0.39, 0.29) is 23.7 Å². The van der Waals surface area contributed by atoms with Crippen LogP contribution in [0, 0.1) is 0 Å². The van der Waals surface area contributed by atoms with Crippen LogP contribution in [-0.2, 0) is 13.6 Å². The smallest absolute Gasteiger partial charge is 0.329 e. The molecular formula is C18H22N6O4. The molecule has 0 saturated carbocycles. The summed E-state index contributed by atoms with van der Waals surface area (Å²) in [6.45, 7) is 3.52. The van der Waals surface area contributed by atoms with Crippen LogP contribution in [0.1, 0.15) is 19.4 Å². The van der Waals surface area contributed by atoms with E-state index in [9.17, 15) is 14.7 Å². The van der Waals surface area contributed by atoms with Crippen LogP contribution in [-0.4, -0.2) is 43.1 Å².